The van der Waals surface area contributed by atoms with Crippen LogP contribution >= 0.6 is 0 Å². The van der Waals surface area contributed by atoms with Crippen molar-refractivity contribution < 1.29 is 13.2 Å². The monoisotopic (exact) mass is 323 g/mol. The van der Waals surface area contributed by atoms with E-state index in [4.69, 9.17) is 4.74 Å². The predicted octanol–water partition coefficient (Wildman–Crippen LogP) is 0.442. The van der Waals surface area contributed by atoms with E-state index >= 15 is 0 Å². The first-order valence-electron chi connectivity index (χ1n) is 6.98. The number of sulfonamides is 1. The molecular weight excluding hydrogens is 306 g/mol. The highest BCUT2D eigenvalue weighted by atomic mass is 32.2. The summed E-state index contributed by atoms with van der Waals surface area (Å²) in [6, 6.07) is 3.44. The molecule has 1 aliphatic rings. The van der Waals surface area contributed by atoms with E-state index in [1.165, 1.54) is 16.8 Å². The van der Waals surface area contributed by atoms with Gasteiger partial charge in [-0.1, -0.05) is 0 Å². The molecule has 0 aromatic carbocycles. The Kier molecular flexibility index (Phi) is 4.08. The molecule has 1 aliphatic heterocycles. The van der Waals surface area contributed by atoms with Gasteiger partial charge in [0.15, 0.2) is 5.03 Å². The summed E-state index contributed by atoms with van der Waals surface area (Å²) in [5, 5.41) is 7.68. The van der Waals surface area contributed by atoms with E-state index in [-0.39, 0.29) is 17.7 Å². The molecule has 8 nitrogen and oxygen atoms in total. The lowest BCUT2D eigenvalue weighted by atomic mass is 10.1. The fourth-order valence-corrected chi connectivity index (χ4v) is 3.87. The molecule has 0 bridgehead atoms. The first kappa shape index (κ1) is 14.9. The highest BCUT2D eigenvalue weighted by Crippen LogP contribution is 2.21. The molecule has 0 spiro atoms. The van der Waals surface area contributed by atoms with Crippen molar-refractivity contribution in [3.05, 3.63) is 30.9 Å². The maximum Gasteiger partial charge on any atom is 0.262 e. The number of nitrogens with zero attached hydrogens (tertiary/aromatic N) is 5. The third-order valence-corrected chi connectivity index (χ3v) is 5.21. The molecule has 22 heavy (non-hydrogen) atoms. The van der Waals surface area contributed by atoms with E-state index in [1.807, 2.05) is 0 Å². The van der Waals surface area contributed by atoms with Crippen LogP contribution in [0.5, 0.6) is 5.88 Å². The molecule has 1 unspecified atom stereocenters. The molecule has 0 N–H and O–H groups in total. The molecular formula is C13H17N5O3S. The Balaban J connectivity index is 1.73. The Hall–Kier alpha value is -2.00. The van der Waals surface area contributed by atoms with Crippen molar-refractivity contribution in [3.63, 3.8) is 0 Å². The van der Waals surface area contributed by atoms with Crippen molar-refractivity contribution >= 4 is 10.0 Å². The number of imidazole rings is 1. The van der Waals surface area contributed by atoms with Gasteiger partial charge >= 0.3 is 0 Å². The van der Waals surface area contributed by atoms with Gasteiger partial charge in [-0.05, 0) is 18.9 Å². The SMILES string of the molecule is Cn1cnc(S(=O)(=O)N2CCCC(Oc3cccnn3)C2)c1. The second-order valence-electron chi connectivity index (χ2n) is 5.18. The molecule has 0 amide bonds. The van der Waals surface area contributed by atoms with Gasteiger partial charge in [0.25, 0.3) is 10.0 Å². The number of ether oxygens (including phenoxy) is 1. The van der Waals surface area contributed by atoms with E-state index in [0.717, 1.165) is 12.8 Å². The Morgan fingerprint density at radius 2 is 2.27 bits per heavy atom. The van der Waals surface area contributed by atoms with Gasteiger partial charge in [-0.3, -0.25) is 0 Å². The van der Waals surface area contributed by atoms with Crippen LogP contribution < -0.4 is 4.74 Å². The Bertz CT molecular complexity index is 731. The number of hydrogen-bond acceptors (Lipinski definition) is 6. The van der Waals surface area contributed by atoms with E-state index < -0.39 is 10.0 Å². The van der Waals surface area contributed by atoms with Gasteiger partial charge in [0.2, 0.25) is 5.88 Å². The van der Waals surface area contributed by atoms with Crippen LogP contribution in [-0.2, 0) is 17.1 Å². The maximum absolute atomic E-state index is 12.6. The van der Waals surface area contributed by atoms with Crippen LogP contribution in [0, 0.1) is 0 Å². The molecule has 9 heteroatoms. The number of piperidine rings is 1. The number of aryl methyl sites for hydroxylation is 1. The van der Waals surface area contributed by atoms with Crippen LogP contribution in [0.2, 0.25) is 0 Å². The summed E-state index contributed by atoms with van der Waals surface area (Å²) in [7, 11) is -1.84. The van der Waals surface area contributed by atoms with Crippen molar-refractivity contribution in [2.75, 3.05) is 13.1 Å². The van der Waals surface area contributed by atoms with Gasteiger partial charge in [-0.15, -0.1) is 5.10 Å². The predicted molar refractivity (Wildman–Crippen MR) is 77.6 cm³/mol. The van der Waals surface area contributed by atoms with Crippen LogP contribution in [0.25, 0.3) is 0 Å². The quantitative estimate of drug-likeness (QED) is 0.811. The molecule has 2 aromatic rings. The van der Waals surface area contributed by atoms with Crippen LogP contribution in [0.1, 0.15) is 12.8 Å². The average molecular weight is 323 g/mol. The Morgan fingerprint density at radius 3 is 2.95 bits per heavy atom. The summed E-state index contributed by atoms with van der Waals surface area (Å²) in [6.07, 6.45) is 5.82. The van der Waals surface area contributed by atoms with E-state index in [1.54, 1.807) is 29.9 Å². The Labute approximate surface area is 128 Å². The molecule has 0 aliphatic carbocycles. The van der Waals surface area contributed by atoms with Gasteiger partial charge < -0.3 is 9.30 Å². The maximum atomic E-state index is 12.6. The summed E-state index contributed by atoms with van der Waals surface area (Å²) in [6.45, 7) is 0.759. The largest absolute Gasteiger partial charge is 0.472 e. The zero-order valence-electron chi connectivity index (χ0n) is 12.2. The molecule has 1 atom stereocenters. The summed E-state index contributed by atoms with van der Waals surface area (Å²) in [5.41, 5.74) is 0. The second kappa shape index (κ2) is 6.01. The van der Waals surface area contributed by atoms with Gasteiger partial charge in [0.1, 0.15) is 6.10 Å². The summed E-state index contributed by atoms with van der Waals surface area (Å²) < 4.78 is 33.9. The van der Waals surface area contributed by atoms with Crippen molar-refractivity contribution in [2.45, 2.75) is 24.0 Å². The molecule has 0 radical (unpaired) electrons. The summed E-state index contributed by atoms with van der Waals surface area (Å²) in [4.78, 5) is 3.94. The number of aromatic nitrogens is 4. The fraction of sp³-hybridized carbons (Fsp3) is 0.462. The molecule has 1 fully saturated rings. The number of hydrogen-bond donors (Lipinski definition) is 0. The molecule has 2 aromatic heterocycles. The van der Waals surface area contributed by atoms with Crippen LogP contribution in [0.15, 0.2) is 35.9 Å². The standard InChI is InChI=1S/C13H17N5O3S/c1-17-9-13(14-10-17)22(19,20)18-7-3-4-11(8-18)21-12-5-2-6-15-16-12/h2,5-6,9-11H,3-4,7-8H2,1H3. The van der Waals surface area contributed by atoms with E-state index in [2.05, 4.69) is 15.2 Å². The first-order valence-corrected chi connectivity index (χ1v) is 8.42. The van der Waals surface area contributed by atoms with E-state index in [9.17, 15) is 8.42 Å². The third kappa shape index (κ3) is 3.09. The van der Waals surface area contributed by atoms with Crippen molar-refractivity contribution in [3.8, 4) is 5.88 Å². The first-order chi connectivity index (χ1) is 10.6. The summed E-state index contributed by atoms with van der Waals surface area (Å²) >= 11 is 0. The lowest BCUT2D eigenvalue weighted by Gasteiger charge is -2.31. The van der Waals surface area contributed by atoms with Gasteiger partial charge in [0.05, 0.1) is 12.9 Å². The molecule has 118 valence electrons. The number of rotatable bonds is 4. The lowest BCUT2D eigenvalue weighted by Crippen LogP contribution is -2.44. The zero-order valence-corrected chi connectivity index (χ0v) is 13.0. The second-order valence-corrected chi connectivity index (χ2v) is 7.07. The van der Waals surface area contributed by atoms with Crippen molar-refractivity contribution in [1.29, 1.82) is 0 Å². The molecule has 3 heterocycles. The lowest BCUT2D eigenvalue weighted by molar-refractivity contribution is 0.123. The summed E-state index contributed by atoms with van der Waals surface area (Å²) in [5.74, 6) is 0.407. The normalized spacial score (nSPS) is 20.0. The minimum atomic E-state index is -3.58. The van der Waals surface area contributed by atoms with Gasteiger partial charge in [-0.25, -0.2) is 13.4 Å². The van der Waals surface area contributed by atoms with Crippen LogP contribution in [0.4, 0.5) is 0 Å². The highest BCUT2D eigenvalue weighted by molar-refractivity contribution is 7.89. The smallest absolute Gasteiger partial charge is 0.262 e. The molecule has 3 rings (SSSR count). The highest BCUT2D eigenvalue weighted by Gasteiger charge is 2.32. The van der Waals surface area contributed by atoms with E-state index in [0.29, 0.717) is 12.4 Å². The van der Waals surface area contributed by atoms with Crippen molar-refractivity contribution in [1.82, 2.24) is 24.1 Å². The molecule has 1 saturated heterocycles. The minimum Gasteiger partial charge on any atom is -0.472 e. The topological polar surface area (TPSA) is 90.2 Å². The minimum absolute atomic E-state index is 0.0650. The van der Waals surface area contributed by atoms with Crippen molar-refractivity contribution in [2.24, 2.45) is 7.05 Å². The molecule has 0 saturated carbocycles. The third-order valence-electron chi connectivity index (χ3n) is 3.46. The van der Waals surface area contributed by atoms with Crippen LogP contribution in [-0.4, -0.2) is 51.7 Å². The average Bonchev–Trinajstić information content (AvgIpc) is 2.96. The van der Waals surface area contributed by atoms with Gasteiger partial charge in [0, 0.05) is 32.1 Å². The van der Waals surface area contributed by atoms with Gasteiger partial charge in [-0.2, -0.15) is 9.40 Å². The zero-order chi connectivity index (χ0) is 15.6. The Morgan fingerprint density at radius 1 is 1.41 bits per heavy atom. The van der Waals surface area contributed by atoms with Crippen LogP contribution in [0.3, 0.4) is 0 Å². The fourth-order valence-electron chi connectivity index (χ4n) is 2.39.